The SMILES string of the molecule is CCCCCCCCCCCCCCCCCCOCC(CS)Oc1ncccn1. The Morgan fingerprint density at radius 3 is 1.67 bits per heavy atom. The molecule has 0 N–H and O–H groups in total. The van der Waals surface area contributed by atoms with Gasteiger partial charge in [-0.15, -0.1) is 0 Å². The van der Waals surface area contributed by atoms with Crippen molar-refractivity contribution >= 4 is 12.6 Å². The first-order valence-electron chi connectivity index (χ1n) is 12.5. The van der Waals surface area contributed by atoms with E-state index >= 15 is 0 Å². The lowest BCUT2D eigenvalue weighted by atomic mass is 10.0. The summed E-state index contributed by atoms with van der Waals surface area (Å²) in [5.74, 6) is 0.594. The Labute approximate surface area is 191 Å². The molecule has 4 nitrogen and oxygen atoms in total. The van der Waals surface area contributed by atoms with Crippen molar-refractivity contribution in [1.29, 1.82) is 0 Å². The Bertz CT molecular complexity index is 462. The second-order valence-electron chi connectivity index (χ2n) is 8.33. The third kappa shape index (κ3) is 16.9. The van der Waals surface area contributed by atoms with Gasteiger partial charge < -0.3 is 9.47 Å². The predicted molar refractivity (Wildman–Crippen MR) is 131 cm³/mol. The molecule has 0 aliphatic carbocycles. The third-order valence-corrected chi connectivity index (χ3v) is 5.87. The van der Waals surface area contributed by atoms with E-state index in [0.717, 1.165) is 13.0 Å². The summed E-state index contributed by atoms with van der Waals surface area (Å²) in [5.41, 5.74) is 0. The molecule has 0 aliphatic heterocycles. The lowest BCUT2D eigenvalue weighted by molar-refractivity contribution is 0.0543. The first kappa shape index (κ1) is 27.2. The van der Waals surface area contributed by atoms with Crippen molar-refractivity contribution in [2.24, 2.45) is 0 Å². The zero-order chi connectivity index (χ0) is 21.5. The fourth-order valence-electron chi connectivity index (χ4n) is 3.59. The number of rotatable bonds is 22. The monoisotopic (exact) mass is 438 g/mol. The lowest BCUT2D eigenvalue weighted by Gasteiger charge is -2.15. The van der Waals surface area contributed by atoms with E-state index in [1.54, 1.807) is 18.5 Å². The third-order valence-electron chi connectivity index (χ3n) is 5.46. The molecule has 0 fully saturated rings. The van der Waals surface area contributed by atoms with Crippen LogP contribution >= 0.6 is 12.6 Å². The number of hydrogen-bond acceptors (Lipinski definition) is 5. The van der Waals surface area contributed by atoms with Crippen molar-refractivity contribution in [3.8, 4) is 6.01 Å². The molecule has 1 aromatic rings. The summed E-state index contributed by atoms with van der Waals surface area (Å²) in [6.45, 7) is 3.62. The molecule has 30 heavy (non-hydrogen) atoms. The number of thiol groups is 1. The molecule has 0 aromatic carbocycles. The maximum absolute atomic E-state index is 5.75. The molecule has 0 amide bonds. The minimum Gasteiger partial charge on any atom is -0.457 e. The molecule has 1 unspecified atom stereocenters. The Kier molecular flexibility index (Phi) is 19.4. The second-order valence-corrected chi connectivity index (χ2v) is 8.70. The molecule has 174 valence electrons. The molecule has 1 atom stereocenters. The fraction of sp³-hybridized carbons (Fsp3) is 0.840. The Balaban J connectivity index is 1.78. The minimum absolute atomic E-state index is 0.100. The topological polar surface area (TPSA) is 44.2 Å². The number of aromatic nitrogens is 2. The Morgan fingerprint density at radius 2 is 1.20 bits per heavy atom. The molecule has 1 aromatic heterocycles. The number of ether oxygens (including phenoxy) is 2. The smallest absolute Gasteiger partial charge is 0.316 e. The quantitative estimate of drug-likeness (QED) is 0.151. The van der Waals surface area contributed by atoms with E-state index < -0.39 is 0 Å². The van der Waals surface area contributed by atoms with E-state index in [2.05, 4.69) is 29.5 Å². The highest BCUT2D eigenvalue weighted by Gasteiger charge is 2.10. The average Bonchev–Trinajstić information content (AvgIpc) is 2.78. The van der Waals surface area contributed by atoms with Crippen LogP contribution < -0.4 is 4.74 Å². The van der Waals surface area contributed by atoms with Gasteiger partial charge >= 0.3 is 6.01 Å². The normalized spacial score (nSPS) is 12.2. The van der Waals surface area contributed by atoms with Gasteiger partial charge in [0.1, 0.15) is 6.10 Å². The summed E-state index contributed by atoms with van der Waals surface area (Å²) in [6.07, 6.45) is 25.4. The van der Waals surface area contributed by atoms with Gasteiger partial charge in [-0.1, -0.05) is 103 Å². The zero-order valence-corrected chi connectivity index (χ0v) is 20.3. The molecule has 5 heteroatoms. The van der Waals surface area contributed by atoms with Crippen molar-refractivity contribution in [2.45, 2.75) is 116 Å². The molecule has 0 radical (unpaired) electrons. The summed E-state index contributed by atoms with van der Waals surface area (Å²) in [5, 5.41) is 0. The van der Waals surface area contributed by atoms with Gasteiger partial charge in [0, 0.05) is 24.8 Å². The van der Waals surface area contributed by atoms with Gasteiger partial charge in [0.05, 0.1) is 6.61 Å². The molecule has 1 heterocycles. The van der Waals surface area contributed by atoms with Crippen molar-refractivity contribution in [3.63, 3.8) is 0 Å². The largest absolute Gasteiger partial charge is 0.457 e. The van der Waals surface area contributed by atoms with Crippen LogP contribution in [0.5, 0.6) is 6.01 Å². The summed E-state index contributed by atoms with van der Waals surface area (Å²) >= 11 is 4.32. The molecule has 1 rings (SSSR count). The van der Waals surface area contributed by atoms with Crippen LogP contribution in [-0.2, 0) is 4.74 Å². The standard InChI is InChI=1S/C25H46N2O2S/c1-2-3-4-5-6-7-8-9-10-11-12-13-14-15-16-17-21-28-22-24(23-30)29-25-26-19-18-20-27-25/h18-20,24,30H,2-17,21-23H2,1H3. The van der Waals surface area contributed by atoms with Crippen LogP contribution in [0.25, 0.3) is 0 Å². The first-order chi connectivity index (χ1) is 14.9. The van der Waals surface area contributed by atoms with Crippen molar-refractivity contribution < 1.29 is 9.47 Å². The summed E-state index contributed by atoms with van der Waals surface area (Å²) in [7, 11) is 0. The molecule has 0 aliphatic rings. The van der Waals surface area contributed by atoms with Gasteiger partial charge in [0.2, 0.25) is 0 Å². The molecule has 0 bridgehead atoms. The number of nitrogens with zero attached hydrogens (tertiary/aromatic N) is 2. The van der Waals surface area contributed by atoms with Crippen LogP contribution in [0.1, 0.15) is 110 Å². The maximum Gasteiger partial charge on any atom is 0.316 e. The predicted octanol–water partition coefficient (Wildman–Crippen LogP) is 7.43. The van der Waals surface area contributed by atoms with Crippen molar-refractivity contribution in [2.75, 3.05) is 19.0 Å². The van der Waals surface area contributed by atoms with Gasteiger partial charge in [-0.2, -0.15) is 12.6 Å². The summed E-state index contributed by atoms with van der Waals surface area (Å²) in [6, 6.07) is 2.17. The van der Waals surface area contributed by atoms with E-state index in [-0.39, 0.29) is 6.10 Å². The average molecular weight is 439 g/mol. The van der Waals surface area contributed by atoms with E-state index in [4.69, 9.17) is 9.47 Å². The first-order valence-corrected chi connectivity index (χ1v) is 13.1. The van der Waals surface area contributed by atoms with Crippen LogP contribution in [0.3, 0.4) is 0 Å². The molecule has 0 spiro atoms. The van der Waals surface area contributed by atoms with Gasteiger partial charge in [0.25, 0.3) is 0 Å². The number of hydrogen-bond donors (Lipinski definition) is 1. The van der Waals surface area contributed by atoms with E-state index in [9.17, 15) is 0 Å². The molecular formula is C25H46N2O2S. The van der Waals surface area contributed by atoms with Gasteiger partial charge in [-0.25, -0.2) is 9.97 Å². The van der Waals surface area contributed by atoms with Crippen molar-refractivity contribution in [1.82, 2.24) is 9.97 Å². The van der Waals surface area contributed by atoms with Gasteiger partial charge in [0.15, 0.2) is 0 Å². The molecular weight excluding hydrogens is 392 g/mol. The van der Waals surface area contributed by atoms with Crippen LogP contribution in [-0.4, -0.2) is 35.0 Å². The highest BCUT2D eigenvalue weighted by Crippen LogP contribution is 2.13. The van der Waals surface area contributed by atoms with Crippen LogP contribution in [0.2, 0.25) is 0 Å². The fourth-order valence-corrected chi connectivity index (χ4v) is 3.77. The minimum atomic E-state index is -0.100. The maximum atomic E-state index is 5.75. The van der Waals surface area contributed by atoms with Crippen LogP contribution in [0.4, 0.5) is 0 Å². The highest BCUT2D eigenvalue weighted by atomic mass is 32.1. The second kappa shape index (κ2) is 21.4. The van der Waals surface area contributed by atoms with Crippen molar-refractivity contribution in [3.05, 3.63) is 18.5 Å². The Morgan fingerprint density at radius 1 is 0.733 bits per heavy atom. The van der Waals surface area contributed by atoms with E-state index in [1.165, 1.54) is 96.3 Å². The molecule has 0 saturated heterocycles. The molecule has 0 saturated carbocycles. The van der Waals surface area contributed by atoms with Gasteiger partial charge in [-0.3, -0.25) is 0 Å². The lowest BCUT2D eigenvalue weighted by Crippen LogP contribution is -2.26. The van der Waals surface area contributed by atoms with Gasteiger partial charge in [-0.05, 0) is 12.5 Å². The van der Waals surface area contributed by atoms with E-state index in [0.29, 0.717) is 18.4 Å². The Hall–Kier alpha value is -0.810. The number of unbranched alkanes of at least 4 members (excludes halogenated alkanes) is 15. The zero-order valence-electron chi connectivity index (χ0n) is 19.4. The summed E-state index contributed by atoms with van der Waals surface area (Å²) < 4.78 is 11.4. The van der Waals surface area contributed by atoms with Crippen LogP contribution in [0, 0.1) is 0 Å². The van der Waals surface area contributed by atoms with Crippen LogP contribution in [0.15, 0.2) is 18.5 Å². The highest BCUT2D eigenvalue weighted by molar-refractivity contribution is 7.80. The summed E-state index contributed by atoms with van der Waals surface area (Å²) in [4.78, 5) is 8.15. The van der Waals surface area contributed by atoms with E-state index in [1.807, 2.05) is 0 Å².